The van der Waals surface area contributed by atoms with Crippen molar-refractivity contribution in [2.75, 3.05) is 11.4 Å². The Morgan fingerprint density at radius 1 is 1.25 bits per heavy atom. The van der Waals surface area contributed by atoms with Crippen molar-refractivity contribution in [3.8, 4) is 0 Å². The second-order valence-electron chi connectivity index (χ2n) is 6.73. The number of rotatable bonds is 6. The van der Waals surface area contributed by atoms with E-state index >= 15 is 0 Å². The first kappa shape index (κ1) is 19.9. The van der Waals surface area contributed by atoms with Crippen LogP contribution >= 0.6 is 0 Å². The minimum atomic E-state index is -1.23. The number of nitrogens with two attached hydrogens (primary N) is 2. The van der Waals surface area contributed by atoms with Crippen molar-refractivity contribution in [1.29, 1.82) is 0 Å². The highest BCUT2D eigenvalue weighted by molar-refractivity contribution is 5.93. The molecule has 3 rings (SSSR count). The third-order valence-electron chi connectivity index (χ3n) is 4.54. The first-order valence-corrected chi connectivity index (χ1v) is 8.70. The third kappa shape index (κ3) is 4.18. The molecule has 0 bridgehead atoms. The number of anilines is 1. The number of aromatic nitrogens is 2. The van der Waals surface area contributed by atoms with Crippen LogP contribution in [-0.4, -0.2) is 28.3 Å². The summed E-state index contributed by atoms with van der Waals surface area (Å²) in [5.74, 6) is 2.41. The normalized spacial score (nSPS) is 14.5. The molecular weight excluding hydrogens is 373 g/mol. The second-order valence-corrected chi connectivity index (χ2v) is 6.73. The van der Waals surface area contributed by atoms with Gasteiger partial charge >= 0.3 is 0 Å². The number of hydrogen-bond donors (Lipinski definition) is 3. The summed E-state index contributed by atoms with van der Waals surface area (Å²) in [6.45, 7) is 2.54. The Hall–Kier alpha value is -2.85. The van der Waals surface area contributed by atoms with Crippen molar-refractivity contribution in [3.05, 3.63) is 58.7 Å². The van der Waals surface area contributed by atoms with Crippen molar-refractivity contribution in [2.45, 2.75) is 32.4 Å². The van der Waals surface area contributed by atoms with E-state index in [0.717, 1.165) is 17.6 Å². The lowest BCUT2D eigenvalue weighted by molar-refractivity contribution is -0.117. The third-order valence-corrected chi connectivity index (χ3v) is 4.54. The highest BCUT2D eigenvalue weighted by atomic mass is 19.2. The van der Waals surface area contributed by atoms with E-state index in [1.54, 1.807) is 10.9 Å². The fourth-order valence-electron chi connectivity index (χ4n) is 3.15. The molecule has 1 atom stereocenters. The van der Waals surface area contributed by atoms with Crippen molar-refractivity contribution >= 4 is 11.7 Å². The topological polar surface area (TPSA) is 102 Å². The Balaban J connectivity index is 1.71. The maximum Gasteiger partial charge on any atom is 0.264 e. The van der Waals surface area contributed by atoms with Crippen LogP contribution in [-0.2, 0) is 17.8 Å². The first-order chi connectivity index (χ1) is 13.3. The van der Waals surface area contributed by atoms with Gasteiger partial charge in [0.05, 0.1) is 17.8 Å². The number of carbonyl (C=O) groups excluding carboxylic acids is 1. The van der Waals surface area contributed by atoms with Gasteiger partial charge in [-0.3, -0.25) is 10.2 Å². The van der Waals surface area contributed by atoms with Crippen LogP contribution in [0.4, 0.5) is 19.0 Å². The summed E-state index contributed by atoms with van der Waals surface area (Å²) in [4.78, 5) is 13.7. The molecule has 5 N–H and O–H groups in total. The largest absolute Gasteiger partial charge is 0.333 e. The highest BCUT2D eigenvalue weighted by Crippen LogP contribution is 2.24. The maximum atomic E-state index is 13.8. The average Bonchev–Trinajstić information content (AvgIpc) is 3.03. The van der Waals surface area contributed by atoms with E-state index in [-0.39, 0.29) is 18.5 Å². The van der Waals surface area contributed by atoms with Gasteiger partial charge in [-0.2, -0.15) is 5.10 Å². The molecule has 1 aromatic heterocycles. The van der Waals surface area contributed by atoms with Crippen LogP contribution < -0.4 is 21.9 Å². The molecule has 0 saturated carbocycles. The Labute approximate surface area is 159 Å². The van der Waals surface area contributed by atoms with Crippen LogP contribution in [0.2, 0.25) is 0 Å². The molecule has 1 aliphatic heterocycles. The first-order valence-electron chi connectivity index (χ1n) is 8.70. The number of hydrogen-bond acceptors (Lipinski definition) is 5. The standard InChI is InChI=1S/C18H21F3N6O/c1-10-4-17-26(8-12(18(28)24-23)9-27(17)25-10)3-2-13(22)5-11-6-15(20)16(21)7-14(11)19/h4,6-8,13H,2-3,5,9,22-23H2,1H3,(H,24,28)/t13-/m0/s1. The lowest BCUT2D eigenvalue weighted by Crippen LogP contribution is -2.38. The number of fused-ring (bicyclic) bond motifs is 1. The summed E-state index contributed by atoms with van der Waals surface area (Å²) in [5, 5.41) is 4.35. The number of amides is 1. The molecule has 0 spiro atoms. The Bertz CT molecular complexity index is 926. The van der Waals surface area contributed by atoms with E-state index in [2.05, 4.69) is 10.5 Å². The minimum Gasteiger partial charge on any atom is -0.333 e. The van der Waals surface area contributed by atoms with Crippen LogP contribution in [0.25, 0.3) is 0 Å². The molecule has 0 radical (unpaired) electrons. The van der Waals surface area contributed by atoms with Gasteiger partial charge in [0.1, 0.15) is 11.6 Å². The Morgan fingerprint density at radius 2 is 1.96 bits per heavy atom. The van der Waals surface area contributed by atoms with Gasteiger partial charge in [-0.25, -0.2) is 23.7 Å². The predicted molar refractivity (Wildman–Crippen MR) is 97.3 cm³/mol. The molecule has 7 nitrogen and oxygen atoms in total. The van der Waals surface area contributed by atoms with Crippen molar-refractivity contribution < 1.29 is 18.0 Å². The smallest absolute Gasteiger partial charge is 0.264 e. The number of nitrogens with zero attached hydrogens (tertiary/aromatic N) is 3. The molecule has 10 heteroatoms. The SMILES string of the molecule is Cc1cc2n(n1)CC(C(=O)NN)=CN2CC[C@H](N)Cc1cc(F)c(F)cc1F. The zero-order chi connectivity index (χ0) is 20.4. The molecule has 1 aliphatic rings. The highest BCUT2D eigenvalue weighted by Gasteiger charge is 2.23. The summed E-state index contributed by atoms with van der Waals surface area (Å²) < 4.78 is 41.9. The number of halogens is 3. The van der Waals surface area contributed by atoms with Gasteiger partial charge < -0.3 is 10.6 Å². The summed E-state index contributed by atoms with van der Waals surface area (Å²) in [5.41, 5.74) is 9.41. The number of aryl methyl sites for hydroxylation is 1. The van der Waals surface area contributed by atoms with Gasteiger partial charge in [0.2, 0.25) is 0 Å². The van der Waals surface area contributed by atoms with Crippen LogP contribution in [0.1, 0.15) is 17.7 Å². The molecule has 0 fully saturated rings. The van der Waals surface area contributed by atoms with Crippen LogP contribution in [0.3, 0.4) is 0 Å². The zero-order valence-electron chi connectivity index (χ0n) is 15.3. The van der Waals surface area contributed by atoms with Crippen molar-refractivity contribution in [1.82, 2.24) is 15.2 Å². The minimum absolute atomic E-state index is 0.0182. The fraction of sp³-hybridized carbons (Fsp3) is 0.333. The molecule has 2 heterocycles. The van der Waals surface area contributed by atoms with E-state index in [0.29, 0.717) is 24.6 Å². The van der Waals surface area contributed by atoms with Crippen LogP contribution in [0, 0.1) is 24.4 Å². The van der Waals surface area contributed by atoms with Gasteiger partial charge in [0.15, 0.2) is 11.6 Å². The number of carbonyl (C=O) groups is 1. The molecule has 1 aromatic carbocycles. The van der Waals surface area contributed by atoms with Crippen LogP contribution in [0.5, 0.6) is 0 Å². The van der Waals surface area contributed by atoms with Crippen LogP contribution in [0.15, 0.2) is 30.0 Å². The number of nitrogens with one attached hydrogen (secondary N) is 1. The number of benzene rings is 1. The molecule has 28 heavy (non-hydrogen) atoms. The maximum absolute atomic E-state index is 13.8. The lowest BCUT2D eigenvalue weighted by atomic mass is 10.0. The summed E-state index contributed by atoms with van der Waals surface area (Å²) in [7, 11) is 0. The second kappa shape index (κ2) is 8.03. The predicted octanol–water partition coefficient (Wildman–Crippen LogP) is 1.26. The fourth-order valence-corrected chi connectivity index (χ4v) is 3.15. The molecule has 2 aromatic rings. The summed E-state index contributed by atoms with van der Waals surface area (Å²) in [6, 6.07) is 2.71. The van der Waals surface area contributed by atoms with Gasteiger partial charge in [-0.15, -0.1) is 0 Å². The molecule has 150 valence electrons. The van der Waals surface area contributed by atoms with Gasteiger partial charge in [-0.05, 0) is 31.4 Å². The molecule has 0 aliphatic carbocycles. The van der Waals surface area contributed by atoms with E-state index in [1.165, 1.54) is 0 Å². The molecule has 0 saturated heterocycles. The zero-order valence-corrected chi connectivity index (χ0v) is 15.3. The number of hydrazine groups is 1. The van der Waals surface area contributed by atoms with Crippen molar-refractivity contribution in [3.63, 3.8) is 0 Å². The van der Waals surface area contributed by atoms with Crippen molar-refractivity contribution in [2.24, 2.45) is 11.6 Å². The summed E-state index contributed by atoms with van der Waals surface area (Å²) >= 11 is 0. The van der Waals surface area contributed by atoms with E-state index in [9.17, 15) is 18.0 Å². The van der Waals surface area contributed by atoms with Gasteiger partial charge in [-0.1, -0.05) is 0 Å². The monoisotopic (exact) mass is 394 g/mol. The molecule has 0 unspecified atom stereocenters. The Morgan fingerprint density at radius 3 is 2.68 bits per heavy atom. The lowest BCUT2D eigenvalue weighted by Gasteiger charge is -2.28. The quantitative estimate of drug-likeness (QED) is 0.296. The molecular formula is C18H21F3N6O. The summed E-state index contributed by atoms with van der Waals surface area (Å²) in [6.07, 6.45) is 2.13. The molecule has 1 amide bonds. The van der Waals surface area contributed by atoms with Gasteiger partial charge in [0.25, 0.3) is 5.91 Å². The van der Waals surface area contributed by atoms with E-state index in [1.807, 2.05) is 17.9 Å². The van der Waals surface area contributed by atoms with Gasteiger partial charge in [0, 0.05) is 30.9 Å². The van der Waals surface area contributed by atoms with E-state index in [4.69, 9.17) is 11.6 Å². The average molecular weight is 394 g/mol. The van der Waals surface area contributed by atoms with E-state index < -0.39 is 29.4 Å². The Kier molecular flexibility index (Phi) is 5.71.